The Morgan fingerprint density at radius 3 is 2.81 bits per heavy atom. The van der Waals surface area contributed by atoms with Gasteiger partial charge in [-0.1, -0.05) is 0 Å². The van der Waals surface area contributed by atoms with Gasteiger partial charge in [0, 0.05) is 43.1 Å². The van der Waals surface area contributed by atoms with Crippen molar-refractivity contribution in [3.8, 4) is 5.75 Å². The smallest absolute Gasteiger partial charge is 0.261 e. The average Bonchev–Trinajstić information content (AvgIpc) is 3.19. The molecule has 27 heavy (non-hydrogen) atoms. The SMILES string of the molecule is O=c1[nH]c(CSC2CCOCC2)nc2cc(OCC3CCOC3)cc(F)c12. The summed E-state index contributed by atoms with van der Waals surface area (Å²) < 4.78 is 30.8. The predicted molar refractivity (Wildman–Crippen MR) is 102 cm³/mol. The van der Waals surface area contributed by atoms with Crippen molar-refractivity contribution in [1.29, 1.82) is 0 Å². The molecule has 1 atom stereocenters. The zero-order valence-electron chi connectivity index (χ0n) is 15.0. The van der Waals surface area contributed by atoms with Crippen LogP contribution in [0.1, 0.15) is 25.1 Å². The summed E-state index contributed by atoms with van der Waals surface area (Å²) in [6.07, 6.45) is 2.95. The molecule has 2 aliphatic heterocycles. The van der Waals surface area contributed by atoms with E-state index in [0.717, 1.165) is 39.1 Å². The fourth-order valence-corrected chi connectivity index (χ4v) is 4.42. The lowest BCUT2D eigenvalue weighted by atomic mass is 10.1. The van der Waals surface area contributed by atoms with E-state index < -0.39 is 11.4 Å². The van der Waals surface area contributed by atoms with Crippen LogP contribution in [0.15, 0.2) is 16.9 Å². The van der Waals surface area contributed by atoms with E-state index in [-0.39, 0.29) is 5.39 Å². The molecule has 4 rings (SSSR count). The second kappa shape index (κ2) is 8.58. The monoisotopic (exact) mass is 394 g/mol. The molecule has 0 aliphatic carbocycles. The molecular weight excluding hydrogens is 371 g/mol. The van der Waals surface area contributed by atoms with E-state index in [4.69, 9.17) is 14.2 Å². The van der Waals surface area contributed by atoms with E-state index in [9.17, 15) is 9.18 Å². The highest BCUT2D eigenvalue weighted by Crippen LogP contribution is 2.26. The van der Waals surface area contributed by atoms with Gasteiger partial charge >= 0.3 is 0 Å². The summed E-state index contributed by atoms with van der Waals surface area (Å²) in [5.74, 6) is 1.25. The topological polar surface area (TPSA) is 73.4 Å². The summed E-state index contributed by atoms with van der Waals surface area (Å²) in [5.41, 5.74) is -0.116. The lowest BCUT2D eigenvalue weighted by Crippen LogP contribution is -2.18. The molecule has 0 spiro atoms. The number of thioether (sulfide) groups is 1. The lowest BCUT2D eigenvalue weighted by Gasteiger charge is -2.21. The molecule has 1 aromatic heterocycles. The molecule has 2 saturated heterocycles. The van der Waals surface area contributed by atoms with Gasteiger partial charge in [-0.25, -0.2) is 9.37 Å². The third-order valence-corrected chi connectivity index (χ3v) is 6.30. The molecule has 1 aromatic carbocycles. The van der Waals surface area contributed by atoms with Gasteiger partial charge in [0.1, 0.15) is 22.8 Å². The molecule has 0 amide bonds. The van der Waals surface area contributed by atoms with Gasteiger partial charge in [-0.05, 0) is 19.3 Å². The van der Waals surface area contributed by atoms with Crippen molar-refractivity contribution >= 4 is 22.7 Å². The highest BCUT2D eigenvalue weighted by atomic mass is 32.2. The van der Waals surface area contributed by atoms with Crippen LogP contribution < -0.4 is 10.3 Å². The molecular formula is C19H23FN2O4S. The first-order valence-corrected chi connectivity index (χ1v) is 10.4. The molecule has 2 aliphatic rings. The Morgan fingerprint density at radius 1 is 1.22 bits per heavy atom. The number of aromatic amines is 1. The zero-order valence-corrected chi connectivity index (χ0v) is 15.9. The van der Waals surface area contributed by atoms with Gasteiger partial charge in [-0.2, -0.15) is 11.8 Å². The maximum Gasteiger partial charge on any atom is 0.261 e. The normalized spacial score (nSPS) is 21.0. The zero-order chi connectivity index (χ0) is 18.6. The van der Waals surface area contributed by atoms with Crippen molar-refractivity contribution in [3.05, 3.63) is 34.1 Å². The summed E-state index contributed by atoms with van der Waals surface area (Å²) in [6, 6.07) is 2.90. The Bertz CT molecular complexity index is 847. The first-order chi connectivity index (χ1) is 13.2. The standard InChI is InChI=1S/C19H23FN2O4S/c20-15-7-13(26-10-12-1-4-25-9-12)8-16-18(15)19(23)22-17(21-16)11-27-14-2-5-24-6-3-14/h7-8,12,14H,1-6,9-11H2,(H,21,22,23). The minimum Gasteiger partial charge on any atom is -0.493 e. The van der Waals surface area contributed by atoms with Crippen molar-refractivity contribution in [1.82, 2.24) is 9.97 Å². The number of benzene rings is 1. The summed E-state index contributed by atoms with van der Waals surface area (Å²) in [6.45, 7) is 3.43. The minimum atomic E-state index is -0.609. The van der Waals surface area contributed by atoms with E-state index in [1.807, 2.05) is 0 Å². The number of H-pyrrole nitrogens is 1. The van der Waals surface area contributed by atoms with Crippen molar-refractivity contribution in [2.45, 2.75) is 30.3 Å². The van der Waals surface area contributed by atoms with Crippen molar-refractivity contribution in [2.75, 3.05) is 33.0 Å². The number of nitrogens with zero attached hydrogens (tertiary/aromatic N) is 1. The van der Waals surface area contributed by atoms with Crippen LogP contribution in [0.25, 0.3) is 10.9 Å². The van der Waals surface area contributed by atoms with Gasteiger partial charge < -0.3 is 19.2 Å². The highest BCUT2D eigenvalue weighted by molar-refractivity contribution is 7.99. The van der Waals surface area contributed by atoms with E-state index in [0.29, 0.717) is 47.2 Å². The third kappa shape index (κ3) is 4.62. The van der Waals surface area contributed by atoms with E-state index >= 15 is 0 Å². The Labute approximate surface area is 160 Å². The molecule has 1 N–H and O–H groups in total. The second-order valence-corrected chi connectivity index (χ2v) is 8.26. The highest BCUT2D eigenvalue weighted by Gasteiger charge is 2.18. The molecule has 0 radical (unpaired) electrons. The summed E-state index contributed by atoms with van der Waals surface area (Å²) in [5, 5.41) is 0.478. The number of halogens is 1. The fourth-order valence-electron chi connectivity index (χ4n) is 3.37. The summed E-state index contributed by atoms with van der Waals surface area (Å²) in [4.78, 5) is 19.5. The molecule has 6 nitrogen and oxygen atoms in total. The molecule has 2 aromatic rings. The van der Waals surface area contributed by atoms with Crippen LogP contribution in [0.2, 0.25) is 0 Å². The fraction of sp³-hybridized carbons (Fsp3) is 0.579. The first-order valence-electron chi connectivity index (χ1n) is 9.31. The predicted octanol–water partition coefficient (Wildman–Crippen LogP) is 2.89. The molecule has 3 heterocycles. The molecule has 2 fully saturated rings. The van der Waals surface area contributed by atoms with Crippen molar-refractivity contribution in [3.63, 3.8) is 0 Å². The van der Waals surface area contributed by atoms with Crippen LogP contribution in [0.4, 0.5) is 4.39 Å². The number of fused-ring (bicyclic) bond motifs is 1. The third-order valence-electron chi connectivity index (χ3n) is 4.92. The average molecular weight is 394 g/mol. The maximum absolute atomic E-state index is 14.4. The van der Waals surface area contributed by atoms with Gasteiger partial charge in [0.15, 0.2) is 0 Å². The van der Waals surface area contributed by atoms with E-state index in [2.05, 4.69) is 9.97 Å². The Balaban J connectivity index is 1.50. The molecule has 1 unspecified atom stereocenters. The van der Waals surface area contributed by atoms with Gasteiger partial charge in [-0.3, -0.25) is 4.79 Å². The van der Waals surface area contributed by atoms with E-state index in [1.165, 1.54) is 6.07 Å². The molecule has 146 valence electrons. The van der Waals surface area contributed by atoms with Crippen LogP contribution in [0.3, 0.4) is 0 Å². The number of aromatic nitrogens is 2. The van der Waals surface area contributed by atoms with Gasteiger partial charge in [0.25, 0.3) is 5.56 Å². The maximum atomic E-state index is 14.4. The molecule has 0 saturated carbocycles. The Hall–Kier alpha value is -1.64. The number of hydrogen-bond donors (Lipinski definition) is 1. The van der Waals surface area contributed by atoms with Crippen LogP contribution in [0, 0.1) is 11.7 Å². The van der Waals surface area contributed by atoms with Gasteiger partial charge in [0.2, 0.25) is 0 Å². The van der Waals surface area contributed by atoms with Gasteiger partial charge in [-0.15, -0.1) is 0 Å². The van der Waals surface area contributed by atoms with Gasteiger partial charge in [0.05, 0.1) is 24.5 Å². The number of hydrogen-bond acceptors (Lipinski definition) is 6. The Morgan fingerprint density at radius 2 is 2.04 bits per heavy atom. The second-order valence-electron chi connectivity index (χ2n) is 6.98. The first kappa shape index (κ1) is 18.7. The van der Waals surface area contributed by atoms with Crippen LogP contribution >= 0.6 is 11.8 Å². The largest absolute Gasteiger partial charge is 0.493 e. The quantitative estimate of drug-likeness (QED) is 0.812. The minimum absolute atomic E-state index is 0.0219. The van der Waals surface area contributed by atoms with Crippen LogP contribution in [0.5, 0.6) is 5.75 Å². The van der Waals surface area contributed by atoms with E-state index in [1.54, 1.807) is 17.8 Å². The Kier molecular flexibility index (Phi) is 5.95. The number of nitrogens with one attached hydrogen (secondary N) is 1. The van der Waals surface area contributed by atoms with Crippen molar-refractivity contribution < 1.29 is 18.6 Å². The summed E-state index contributed by atoms with van der Waals surface area (Å²) in [7, 11) is 0. The van der Waals surface area contributed by atoms with Crippen LogP contribution in [-0.4, -0.2) is 48.3 Å². The van der Waals surface area contributed by atoms with Crippen LogP contribution in [-0.2, 0) is 15.2 Å². The lowest BCUT2D eigenvalue weighted by molar-refractivity contribution is 0.1000. The number of rotatable bonds is 6. The summed E-state index contributed by atoms with van der Waals surface area (Å²) >= 11 is 1.75. The van der Waals surface area contributed by atoms with Crippen molar-refractivity contribution in [2.24, 2.45) is 5.92 Å². The molecule has 8 heteroatoms. The number of ether oxygens (including phenoxy) is 3. The molecule has 0 bridgehead atoms.